The summed E-state index contributed by atoms with van der Waals surface area (Å²) in [5.41, 5.74) is 2.18. The summed E-state index contributed by atoms with van der Waals surface area (Å²) in [6, 6.07) is 13.0. The summed E-state index contributed by atoms with van der Waals surface area (Å²) in [7, 11) is -1.72. The molecule has 0 N–H and O–H groups in total. The highest BCUT2D eigenvalue weighted by Crippen LogP contribution is 2.32. The van der Waals surface area contributed by atoms with Gasteiger partial charge in [0.2, 0.25) is 10.0 Å². The van der Waals surface area contributed by atoms with Gasteiger partial charge in [0.25, 0.3) is 0 Å². The van der Waals surface area contributed by atoms with Gasteiger partial charge in [0.15, 0.2) is 0 Å². The van der Waals surface area contributed by atoms with E-state index in [1.165, 1.54) is 0 Å². The molecule has 0 bridgehead atoms. The van der Waals surface area contributed by atoms with Gasteiger partial charge in [0.05, 0.1) is 15.6 Å². The van der Waals surface area contributed by atoms with E-state index >= 15 is 0 Å². The van der Waals surface area contributed by atoms with Crippen LogP contribution in [-0.2, 0) is 16.4 Å². The number of nitrogens with zero attached hydrogens (tertiary/aromatic N) is 1. The molecule has 1 fully saturated rings. The van der Waals surface area contributed by atoms with Gasteiger partial charge in [-0.3, -0.25) is 0 Å². The van der Waals surface area contributed by atoms with Crippen LogP contribution in [0.15, 0.2) is 47.4 Å². The lowest BCUT2D eigenvalue weighted by atomic mass is 10.1. The Kier molecular flexibility index (Phi) is 4.66. The molecule has 0 radical (unpaired) electrons. The van der Waals surface area contributed by atoms with E-state index in [9.17, 15) is 8.42 Å². The molecular formula is C17H18INO3S. The molecule has 2 aromatic carbocycles. The van der Waals surface area contributed by atoms with E-state index < -0.39 is 10.0 Å². The lowest BCUT2D eigenvalue weighted by Gasteiger charge is -2.08. The summed E-state index contributed by atoms with van der Waals surface area (Å²) < 4.78 is 33.0. The van der Waals surface area contributed by atoms with E-state index in [1.54, 1.807) is 23.5 Å². The number of benzene rings is 2. The van der Waals surface area contributed by atoms with E-state index in [0.29, 0.717) is 11.4 Å². The maximum absolute atomic E-state index is 12.6. The molecule has 0 spiro atoms. The fourth-order valence-corrected chi connectivity index (χ4v) is 4.96. The number of halogens is 1. The lowest BCUT2D eigenvalue weighted by molar-refractivity contribution is 0.411. The molecule has 2 atom stereocenters. The Hall–Kier alpha value is -1.12. The molecule has 2 aromatic rings. The minimum Gasteiger partial charge on any atom is -0.496 e. The molecule has 4 nitrogen and oxygen atoms in total. The third-order valence-corrected chi connectivity index (χ3v) is 6.76. The van der Waals surface area contributed by atoms with Crippen molar-refractivity contribution in [3.8, 4) is 5.75 Å². The van der Waals surface area contributed by atoms with E-state index in [-0.39, 0.29) is 6.04 Å². The Morgan fingerprint density at radius 2 is 1.91 bits per heavy atom. The van der Waals surface area contributed by atoms with Gasteiger partial charge >= 0.3 is 0 Å². The van der Waals surface area contributed by atoms with E-state index in [4.69, 9.17) is 4.74 Å². The van der Waals surface area contributed by atoms with Crippen molar-refractivity contribution in [3.05, 3.63) is 57.2 Å². The second-order valence-electron chi connectivity index (χ2n) is 5.71. The van der Waals surface area contributed by atoms with Crippen LogP contribution in [-0.4, -0.2) is 32.4 Å². The molecule has 23 heavy (non-hydrogen) atoms. The molecular weight excluding hydrogens is 425 g/mol. The number of sulfonamides is 1. The van der Waals surface area contributed by atoms with E-state index in [1.807, 2.05) is 37.3 Å². The summed E-state index contributed by atoms with van der Waals surface area (Å²) >= 11 is 2.23. The number of ether oxygens (including phenoxy) is 1. The first kappa shape index (κ1) is 16.7. The van der Waals surface area contributed by atoms with Crippen molar-refractivity contribution >= 4 is 32.6 Å². The lowest BCUT2D eigenvalue weighted by Crippen LogP contribution is -2.15. The third kappa shape index (κ3) is 3.54. The monoisotopic (exact) mass is 443 g/mol. The largest absolute Gasteiger partial charge is 0.496 e. The predicted octanol–water partition coefficient (Wildman–Crippen LogP) is 3.22. The van der Waals surface area contributed by atoms with Gasteiger partial charge < -0.3 is 4.74 Å². The van der Waals surface area contributed by atoms with Gasteiger partial charge in [-0.15, -0.1) is 0 Å². The fraction of sp³-hybridized carbons (Fsp3) is 0.294. The minimum atomic E-state index is -3.37. The first-order chi connectivity index (χ1) is 10.9. The molecule has 1 saturated heterocycles. The van der Waals surface area contributed by atoms with Crippen LogP contribution in [0, 0.1) is 10.5 Å². The van der Waals surface area contributed by atoms with Crippen LogP contribution in [0.25, 0.3) is 0 Å². The highest BCUT2D eigenvalue weighted by molar-refractivity contribution is 14.1. The van der Waals surface area contributed by atoms with Crippen LogP contribution in [0.1, 0.15) is 11.1 Å². The molecule has 0 saturated carbocycles. The van der Waals surface area contributed by atoms with Crippen molar-refractivity contribution in [2.45, 2.75) is 24.3 Å². The second-order valence-corrected chi connectivity index (χ2v) is 8.77. The SMILES string of the molecule is COc1ccc(C[C@H]2CN2S(=O)(=O)c2ccc(C)cc2)cc1I. The zero-order valence-electron chi connectivity index (χ0n) is 13.0. The highest BCUT2D eigenvalue weighted by atomic mass is 127. The van der Waals surface area contributed by atoms with E-state index in [0.717, 1.165) is 26.9 Å². The van der Waals surface area contributed by atoms with Crippen molar-refractivity contribution < 1.29 is 13.2 Å². The average Bonchev–Trinajstić information content (AvgIpc) is 3.28. The number of hydrogen-bond donors (Lipinski definition) is 0. The molecule has 0 aliphatic carbocycles. The maximum Gasteiger partial charge on any atom is 0.243 e. The first-order valence-electron chi connectivity index (χ1n) is 7.33. The van der Waals surface area contributed by atoms with Crippen LogP contribution >= 0.6 is 22.6 Å². The van der Waals surface area contributed by atoms with Crippen LogP contribution in [0.2, 0.25) is 0 Å². The zero-order chi connectivity index (χ0) is 16.6. The summed E-state index contributed by atoms with van der Waals surface area (Å²) in [6.07, 6.45) is 0.727. The number of hydrogen-bond acceptors (Lipinski definition) is 3. The smallest absolute Gasteiger partial charge is 0.243 e. The third-order valence-electron chi connectivity index (χ3n) is 3.98. The van der Waals surface area contributed by atoms with Crippen LogP contribution in [0.3, 0.4) is 0 Å². The highest BCUT2D eigenvalue weighted by Gasteiger charge is 2.44. The van der Waals surface area contributed by atoms with Gasteiger partial charge in [0, 0.05) is 12.6 Å². The molecule has 0 aromatic heterocycles. The molecule has 1 aliphatic heterocycles. The Balaban J connectivity index is 1.72. The van der Waals surface area contributed by atoms with Crippen molar-refractivity contribution in [2.24, 2.45) is 0 Å². The maximum atomic E-state index is 12.6. The van der Waals surface area contributed by atoms with Gasteiger partial charge in [0.1, 0.15) is 5.75 Å². The average molecular weight is 443 g/mol. The van der Waals surface area contributed by atoms with Crippen molar-refractivity contribution in [1.82, 2.24) is 4.31 Å². The topological polar surface area (TPSA) is 46.4 Å². The van der Waals surface area contributed by atoms with Gasteiger partial charge in [-0.1, -0.05) is 23.8 Å². The normalized spacial score (nSPS) is 20.3. The van der Waals surface area contributed by atoms with Crippen LogP contribution < -0.4 is 4.74 Å². The Bertz CT molecular complexity index is 818. The van der Waals surface area contributed by atoms with Crippen molar-refractivity contribution in [1.29, 1.82) is 0 Å². The number of rotatable bonds is 5. The second kappa shape index (κ2) is 6.41. The quantitative estimate of drug-likeness (QED) is 0.527. The Labute approximate surface area is 150 Å². The van der Waals surface area contributed by atoms with Crippen LogP contribution in [0.4, 0.5) is 0 Å². The molecule has 6 heteroatoms. The summed E-state index contributed by atoms with van der Waals surface area (Å²) in [4.78, 5) is 0.370. The van der Waals surface area contributed by atoms with Gasteiger partial charge in [-0.25, -0.2) is 8.42 Å². The molecule has 1 heterocycles. The molecule has 1 aliphatic rings. The molecule has 3 rings (SSSR count). The zero-order valence-corrected chi connectivity index (χ0v) is 16.0. The standard InChI is InChI=1S/C17H18INO3S/c1-12-3-6-15(7-4-12)23(20,21)19-11-14(19)9-13-5-8-17(22-2)16(18)10-13/h3-8,10,14H,9,11H2,1-2H3/t14-,19?/m0/s1. The number of aryl methyl sites for hydroxylation is 1. The molecule has 1 unspecified atom stereocenters. The Morgan fingerprint density at radius 1 is 1.22 bits per heavy atom. The summed E-state index contributed by atoms with van der Waals surface area (Å²) in [6.45, 7) is 2.53. The first-order valence-corrected chi connectivity index (χ1v) is 9.84. The van der Waals surface area contributed by atoms with Crippen molar-refractivity contribution in [2.75, 3.05) is 13.7 Å². The molecule has 0 amide bonds. The summed E-state index contributed by atoms with van der Waals surface area (Å²) in [5.74, 6) is 0.842. The fourth-order valence-electron chi connectivity index (χ4n) is 2.58. The minimum absolute atomic E-state index is 0.0468. The predicted molar refractivity (Wildman–Crippen MR) is 98.3 cm³/mol. The molecule has 122 valence electrons. The number of methoxy groups -OCH3 is 1. The van der Waals surface area contributed by atoms with Crippen molar-refractivity contribution in [3.63, 3.8) is 0 Å². The summed E-state index contributed by atoms with van der Waals surface area (Å²) in [5, 5.41) is 0. The van der Waals surface area contributed by atoms with Gasteiger partial charge in [-0.05, 0) is 65.8 Å². The van der Waals surface area contributed by atoms with Crippen LogP contribution in [0.5, 0.6) is 5.75 Å². The van der Waals surface area contributed by atoms with Gasteiger partial charge in [-0.2, -0.15) is 4.31 Å². The Morgan fingerprint density at radius 3 is 2.52 bits per heavy atom. The van der Waals surface area contributed by atoms with E-state index in [2.05, 4.69) is 22.6 Å².